The Kier molecular flexibility index (Phi) is 4.19. The fourth-order valence-electron chi connectivity index (χ4n) is 2.32. The molecule has 0 amide bonds. The van der Waals surface area contributed by atoms with Gasteiger partial charge >= 0.3 is 0 Å². The fourth-order valence-corrected chi connectivity index (χ4v) is 2.78. The van der Waals surface area contributed by atoms with Crippen LogP contribution in [0.5, 0.6) is 0 Å². The lowest BCUT2D eigenvalue weighted by atomic mass is 10.0. The highest BCUT2D eigenvalue weighted by atomic mass is 35.5. The molecule has 2 aromatic rings. The molecule has 0 radical (unpaired) electrons. The Balaban J connectivity index is 1.69. The maximum absolute atomic E-state index is 6.08. The molecule has 1 fully saturated rings. The van der Waals surface area contributed by atoms with Gasteiger partial charge in [0.25, 0.3) is 0 Å². The van der Waals surface area contributed by atoms with E-state index in [9.17, 15) is 0 Å². The zero-order valence-electron chi connectivity index (χ0n) is 10.8. The van der Waals surface area contributed by atoms with Gasteiger partial charge < -0.3 is 9.84 Å². The van der Waals surface area contributed by atoms with Crippen LogP contribution in [-0.2, 0) is 6.42 Å². The maximum atomic E-state index is 6.08. The van der Waals surface area contributed by atoms with Crippen LogP contribution >= 0.6 is 23.2 Å². The number of halogens is 2. The number of aryl methyl sites for hydroxylation is 1. The highest BCUT2D eigenvalue weighted by Crippen LogP contribution is 2.26. The number of aromatic nitrogens is 3. The summed E-state index contributed by atoms with van der Waals surface area (Å²) in [6, 6.07) is 1.62. The molecule has 3 heterocycles. The van der Waals surface area contributed by atoms with Crippen molar-refractivity contribution in [2.24, 2.45) is 5.92 Å². The van der Waals surface area contributed by atoms with Gasteiger partial charge in [-0.1, -0.05) is 28.4 Å². The third-order valence-corrected chi connectivity index (χ3v) is 3.91. The van der Waals surface area contributed by atoms with E-state index in [0.29, 0.717) is 33.4 Å². The molecular formula is C13H14Cl2N4O. The third-order valence-electron chi connectivity index (χ3n) is 3.42. The summed E-state index contributed by atoms with van der Waals surface area (Å²) in [6.45, 7) is 2.18. The average molecular weight is 313 g/mol. The molecule has 7 heteroatoms. The highest BCUT2D eigenvalue weighted by molar-refractivity contribution is 6.35. The summed E-state index contributed by atoms with van der Waals surface area (Å²) in [5.74, 6) is 1.73. The highest BCUT2D eigenvalue weighted by Gasteiger charge is 2.17. The van der Waals surface area contributed by atoms with Gasteiger partial charge in [-0.15, -0.1) is 0 Å². The van der Waals surface area contributed by atoms with E-state index in [1.807, 2.05) is 0 Å². The van der Waals surface area contributed by atoms with Crippen LogP contribution in [0, 0.1) is 5.92 Å². The van der Waals surface area contributed by atoms with Crippen molar-refractivity contribution in [1.82, 2.24) is 20.4 Å². The molecule has 0 bridgehead atoms. The van der Waals surface area contributed by atoms with Gasteiger partial charge in [0, 0.05) is 12.6 Å². The second kappa shape index (κ2) is 6.08. The molecule has 1 unspecified atom stereocenters. The van der Waals surface area contributed by atoms with Crippen molar-refractivity contribution in [3.05, 3.63) is 28.2 Å². The SMILES string of the molecule is Clc1cnc(-c2noc(CCC3CCNC3)n2)c(Cl)c1. The number of nitrogens with one attached hydrogen (secondary N) is 1. The van der Waals surface area contributed by atoms with Crippen molar-refractivity contribution in [3.63, 3.8) is 0 Å². The van der Waals surface area contributed by atoms with Crippen LogP contribution in [-0.4, -0.2) is 28.2 Å². The minimum atomic E-state index is 0.409. The first-order chi connectivity index (χ1) is 9.72. The number of hydrogen-bond acceptors (Lipinski definition) is 5. The van der Waals surface area contributed by atoms with E-state index in [-0.39, 0.29) is 0 Å². The number of pyridine rings is 1. The number of rotatable bonds is 4. The van der Waals surface area contributed by atoms with Crippen molar-refractivity contribution in [2.45, 2.75) is 19.3 Å². The Labute approximate surface area is 126 Å². The molecule has 1 atom stereocenters. The Morgan fingerprint density at radius 1 is 1.40 bits per heavy atom. The predicted octanol–water partition coefficient (Wildman–Crippen LogP) is 2.98. The van der Waals surface area contributed by atoms with Crippen LogP contribution in [0.1, 0.15) is 18.7 Å². The maximum Gasteiger partial charge on any atom is 0.227 e. The largest absolute Gasteiger partial charge is 0.339 e. The molecule has 106 valence electrons. The Bertz CT molecular complexity index is 596. The van der Waals surface area contributed by atoms with E-state index >= 15 is 0 Å². The third kappa shape index (κ3) is 3.11. The molecule has 20 heavy (non-hydrogen) atoms. The first kappa shape index (κ1) is 13.8. The molecule has 1 aliphatic heterocycles. The molecule has 0 spiro atoms. The average Bonchev–Trinajstić information content (AvgIpc) is 3.07. The molecular weight excluding hydrogens is 299 g/mol. The van der Waals surface area contributed by atoms with Gasteiger partial charge in [-0.3, -0.25) is 0 Å². The minimum Gasteiger partial charge on any atom is -0.339 e. The van der Waals surface area contributed by atoms with Crippen molar-refractivity contribution >= 4 is 23.2 Å². The second-order valence-corrected chi connectivity index (χ2v) is 5.74. The van der Waals surface area contributed by atoms with Crippen LogP contribution in [0.15, 0.2) is 16.8 Å². The lowest BCUT2D eigenvalue weighted by Gasteiger charge is -2.03. The summed E-state index contributed by atoms with van der Waals surface area (Å²) < 4.78 is 5.25. The molecule has 0 aromatic carbocycles. The summed E-state index contributed by atoms with van der Waals surface area (Å²) in [5, 5.41) is 8.18. The van der Waals surface area contributed by atoms with Crippen molar-refractivity contribution in [2.75, 3.05) is 13.1 Å². The van der Waals surface area contributed by atoms with E-state index in [0.717, 1.165) is 25.9 Å². The predicted molar refractivity (Wildman–Crippen MR) is 76.8 cm³/mol. The van der Waals surface area contributed by atoms with E-state index in [2.05, 4.69) is 20.4 Å². The number of hydrogen-bond donors (Lipinski definition) is 1. The first-order valence-corrected chi connectivity index (χ1v) is 7.32. The van der Waals surface area contributed by atoms with Gasteiger partial charge in [-0.25, -0.2) is 4.98 Å². The van der Waals surface area contributed by atoms with Gasteiger partial charge in [-0.05, 0) is 37.9 Å². The lowest BCUT2D eigenvalue weighted by molar-refractivity contribution is 0.365. The van der Waals surface area contributed by atoms with Crippen molar-refractivity contribution < 1.29 is 4.52 Å². The summed E-state index contributed by atoms with van der Waals surface area (Å²) in [6.07, 6.45) is 4.57. The molecule has 1 N–H and O–H groups in total. The quantitative estimate of drug-likeness (QED) is 0.940. The summed E-state index contributed by atoms with van der Waals surface area (Å²) in [7, 11) is 0. The summed E-state index contributed by atoms with van der Waals surface area (Å²) in [4.78, 5) is 8.48. The van der Waals surface area contributed by atoms with Crippen molar-refractivity contribution in [1.29, 1.82) is 0 Å². The van der Waals surface area contributed by atoms with Gasteiger partial charge in [0.15, 0.2) is 0 Å². The Morgan fingerprint density at radius 2 is 2.30 bits per heavy atom. The monoisotopic (exact) mass is 312 g/mol. The summed E-state index contributed by atoms with van der Waals surface area (Å²) >= 11 is 11.9. The normalized spacial score (nSPS) is 18.6. The number of nitrogens with zero attached hydrogens (tertiary/aromatic N) is 3. The standard InChI is InChI=1S/C13H14Cl2N4O/c14-9-5-10(15)12(17-7-9)13-18-11(20-19-13)2-1-8-3-4-16-6-8/h5,7-8,16H,1-4,6H2. The van der Waals surface area contributed by atoms with Crippen LogP contribution in [0.2, 0.25) is 10.0 Å². The van der Waals surface area contributed by atoms with E-state index in [1.54, 1.807) is 6.07 Å². The molecule has 1 aliphatic rings. The minimum absolute atomic E-state index is 0.409. The summed E-state index contributed by atoms with van der Waals surface area (Å²) in [5.41, 5.74) is 0.494. The second-order valence-electron chi connectivity index (χ2n) is 4.89. The Hall–Kier alpha value is -1.17. The van der Waals surface area contributed by atoms with Crippen LogP contribution in [0.3, 0.4) is 0 Å². The first-order valence-electron chi connectivity index (χ1n) is 6.57. The van der Waals surface area contributed by atoms with Gasteiger partial charge in [0.05, 0.1) is 10.0 Å². The molecule has 0 aliphatic carbocycles. The lowest BCUT2D eigenvalue weighted by Crippen LogP contribution is -2.09. The topological polar surface area (TPSA) is 63.8 Å². The zero-order valence-corrected chi connectivity index (χ0v) is 12.3. The van der Waals surface area contributed by atoms with Crippen LogP contribution in [0.25, 0.3) is 11.5 Å². The molecule has 2 aromatic heterocycles. The molecule has 3 rings (SSSR count). The van der Waals surface area contributed by atoms with Gasteiger partial charge in [0.1, 0.15) is 5.69 Å². The molecule has 5 nitrogen and oxygen atoms in total. The molecule has 1 saturated heterocycles. The zero-order chi connectivity index (χ0) is 13.9. The van der Waals surface area contributed by atoms with E-state index < -0.39 is 0 Å². The van der Waals surface area contributed by atoms with Gasteiger partial charge in [-0.2, -0.15) is 4.98 Å². The van der Waals surface area contributed by atoms with Crippen molar-refractivity contribution in [3.8, 4) is 11.5 Å². The smallest absolute Gasteiger partial charge is 0.227 e. The van der Waals surface area contributed by atoms with Gasteiger partial charge in [0.2, 0.25) is 11.7 Å². The Morgan fingerprint density at radius 3 is 3.05 bits per heavy atom. The van der Waals surface area contributed by atoms with E-state index in [1.165, 1.54) is 12.6 Å². The van der Waals surface area contributed by atoms with E-state index in [4.69, 9.17) is 27.7 Å². The molecule has 0 saturated carbocycles. The fraction of sp³-hybridized carbons (Fsp3) is 0.462. The van der Waals surface area contributed by atoms with Crippen LogP contribution < -0.4 is 5.32 Å². The van der Waals surface area contributed by atoms with Crippen LogP contribution in [0.4, 0.5) is 0 Å².